The Hall–Kier alpha value is -2.98. The summed E-state index contributed by atoms with van der Waals surface area (Å²) in [6.45, 7) is 4.79. The van der Waals surface area contributed by atoms with Crippen LogP contribution >= 0.6 is 0 Å². The summed E-state index contributed by atoms with van der Waals surface area (Å²) in [6, 6.07) is 10.8. The Labute approximate surface area is 168 Å². The number of nitrogens with one attached hydrogen (secondary N) is 1. The molecule has 2 atom stereocenters. The van der Waals surface area contributed by atoms with Crippen molar-refractivity contribution in [2.75, 3.05) is 17.8 Å². The highest BCUT2D eigenvalue weighted by Crippen LogP contribution is 2.21. The predicted molar refractivity (Wildman–Crippen MR) is 106 cm³/mol. The van der Waals surface area contributed by atoms with Crippen LogP contribution in [0.15, 0.2) is 53.4 Å². The molecule has 154 valence electrons. The predicted octanol–water partition coefficient (Wildman–Crippen LogP) is 2.65. The number of nitrogens with zero attached hydrogens (tertiary/aromatic N) is 2. The smallest absolute Gasteiger partial charge is 0.270 e. The molecule has 1 N–H and O–H groups in total. The Morgan fingerprint density at radius 2 is 1.76 bits per heavy atom. The van der Waals surface area contributed by atoms with Gasteiger partial charge in [-0.05, 0) is 44.2 Å². The number of hydrogen-bond acceptors (Lipinski definition) is 6. The number of anilines is 1. The lowest BCUT2D eigenvalue weighted by molar-refractivity contribution is -0.385. The zero-order valence-corrected chi connectivity index (χ0v) is 16.8. The minimum Gasteiger partial charge on any atom is -0.372 e. The molecular weight excluding hydrogens is 398 g/mol. The second-order valence-corrected chi connectivity index (χ2v) is 8.59. The van der Waals surface area contributed by atoms with Crippen molar-refractivity contribution in [3.63, 3.8) is 0 Å². The highest BCUT2D eigenvalue weighted by molar-refractivity contribution is 7.92. The molecule has 29 heavy (non-hydrogen) atoms. The van der Waals surface area contributed by atoms with Crippen molar-refractivity contribution in [2.45, 2.75) is 31.0 Å². The van der Waals surface area contributed by atoms with E-state index >= 15 is 0 Å². The lowest BCUT2D eigenvalue weighted by atomic mass is 10.1. The average molecular weight is 419 g/mol. The number of rotatable bonds is 5. The number of morpholine rings is 1. The van der Waals surface area contributed by atoms with E-state index in [0.29, 0.717) is 18.7 Å². The van der Waals surface area contributed by atoms with Gasteiger partial charge in [0.1, 0.15) is 0 Å². The molecule has 0 radical (unpaired) electrons. The number of nitro groups is 1. The first-order chi connectivity index (χ1) is 13.7. The third-order valence-electron chi connectivity index (χ3n) is 4.43. The van der Waals surface area contributed by atoms with Crippen molar-refractivity contribution >= 4 is 27.3 Å². The van der Waals surface area contributed by atoms with E-state index in [9.17, 15) is 23.3 Å². The molecule has 1 amide bonds. The maximum absolute atomic E-state index is 12.7. The minimum atomic E-state index is -4.00. The van der Waals surface area contributed by atoms with Crippen LogP contribution in [0.2, 0.25) is 0 Å². The summed E-state index contributed by atoms with van der Waals surface area (Å²) in [5.74, 6) is -0.153. The number of amides is 1. The van der Waals surface area contributed by atoms with Crippen LogP contribution in [0, 0.1) is 10.1 Å². The van der Waals surface area contributed by atoms with E-state index in [1.54, 1.807) is 17.0 Å². The summed E-state index contributed by atoms with van der Waals surface area (Å²) in [7, 11) is -4.00. The standard InChI is InChI=1S/C19H21N3O6S/c1-13-11-21(12-14(2)28-13)19(23)15-6-8-16(9-7-15)20-29(26,27)18-5-3-4-17(10-18)22(24)25/h3-10,13-14,20H,11-12H2,1-2H3/t13-,14-/m0/s1. The molecule has 0 aromatic heterocycles. The summed E-state index contributed by atoms with van der Waals surface area (Å²) < 4.78 is 33.0. The molecule has 1 saturated heterocycles. The number of carbonyl (C=O) groups excluding carboxylic acids is 1. The van der Waals surface area contributed by atoms with Crippen LogP contribution in [0.5, 0.6) is 0 Å². The Morgan fingerprint density at radius 3 is 2.34 bits per heavy atom. The van der Waals surface area contributed by atoms with E-state index in [1.165, 1.54) is 30.3 Å². The maximum atomic E-state index is 12.7. The van der Waals surface area contributed by atoms with Gasteiger partial charge in [-0.3, -0.25) is 19.6 Å². The minimum absolute atomic E-state index is 0.0521. The van der Waals surface area contributed by atoms with Crippen LogP contribution in [0.25, 0.3) is 0 Å². The van der Waals surface area contributed by atoms with Gasteiger partial charge >= 0.3 is 0 Å². The molecule has 1 aliphatic heterocycles. The van der Waals surface area contributed by atoms with Gasteiger partial charge in [-0.25, -0.2) is 8.42 Å². The van der Waals surface area contributed by atoms with Crippen LogP contribution in [-0.4, -0.2) is 49.4 Å². The first kappa shape index (κ1) is 20.7. The average Bonchev–Trinajstić information content (AvgIpc) is 2.67. The Bertz CT molecular complexity index is 1010. The third-order valence-corrected chi connectivity index (χ3v) is 5.81. The van der Waals surface area contributed by atoms with E-state index in [4.69, 9.17) is 4.74 Å². The van der Waals surface area contributed by atoms with E-state index in [2.05, 4.69) is 4.72 Å². The monoisotopic (exact) mass is 419 g/mol. The first-order valence-electron chi connectivity index (χ1n) is 8.98. The van der Waals surface area contributed by atoms with Crippen molar-refractivity contribution in [3.8, 4) is 0 Å². The number of hydrogen-bond donors (Lipinski definition) is 1. The second kappa shape index (κ2) is 8.18. The van der Waals surface area contributed by atoms with Crippen LogP contribution < -0.4 is 4.72 Å². The fraction of sp³-hybridized carbons (Fsp3) is 0.316. The van der Waals surface area contributed by atoms with E-state index in [-0.39, 0.29) is 34.4 Å². The fourth-order valence-corrected chi connectivity index (χ4v) is 4.28. The number of nitro benzene ring substituents is 1. The first-order valence-corrected chi connectivity index (χ1v) is 10.5. The third kappa shape index (κ3) is 4.90. The zero-order valence-electron chi connectivity index (χ0n) is 15.9. The normalized spacial score (nSPS) is 19.6. The van der Waals surface area contributed by atoms with Gasteiger partial charge in [0, 0.05) is 36.5 Å². The molecule has 0 unspecified atom stereocenters. The molecule has 2 aromatic carbocycles. The van der Waals surface area contributed by atoms with Crippen molar-refractivity contribution in [1.82, 2.24) is 4.90 Å². The lowest BCUT2D eigenvalue weighted by Gasteiger charge is -2.35. The van der Waals surface area contributed by atoms with Gasteiger partial charge in [0.05, 0.1) is 22.0 Å². The molecule has 0 spiro atoms. The SMILES string of the molecule is C[C@H]1CN(C(=O)c2ccc(NS(=O)(=O)c3cccc([N+](=O)[O-])c3)cc2)C[C@H](C)O1. The zero-order chi connectivity index (χ0) is 21.2. The summed E-state index contributed by atoms with van der Waals surface area (Å²) in [6.07, 6.45) is -0.104. The van der Waals surface area contributed by atoms with E-state index in [0.717, 1.165) is 6.07 Å². The van der Waals surface area contributed by atoms with E-state index < -0.39 is 14.9 Å². The number of ether oxygens (including phenoxy) is 1. The van der Waals surface area contributed by atoms with Crippen LogP contribution in [0.1, 0.15) is 24.2 Å². The molecule has 0 bridgehead atoms. The maximum Gasteiger partial charge on any atom is 0.270 e. The fourth-order valence-electron chi connectivity index (χ4n) is 3.19. The van der Waals surface area contributed by atoms with Gasteiger partial charge in [-0.15, -0.1) is 0 Å². The summed E-state index contributed by atoms with van der Waals surface area (Å²) in [4.78, 5) is 24.4. The molecular formula is C19H21N3O6S. The molecule has 1 aliphatic rings. The number of sulfonamides is 1. The van der Waals surface area contributed by atoms with Gasteiger partial charge in [0.2, 0.25) is 0 Å². The topological polar surface area (TPSA) is 119 Å². The Kier molecular flexibility index (Phi) is 5.85. The molecule has 2 aromatic rings. The second-order valence-electron chi connectivity index (χ2n) is 6.90. The number of non-ortho nitro benzene ring substituents is 1. The van der Waals surface area contributed by atoms with Crippen molar-refractivity contribution in [3.05, 3.63) is 64.2 Å². The van der Waals surface area contributed by atoms with Gasteiger partial charge in [-0.2, -0.15) is 0 Å². The van der Waals surface area contributed by atoms with Gasteiger partial charge in [0.25, 0.3) is 21.6 Å². The summed E-state index contributed by atoms with van der Waals surface area (Å²) >= 11 is 0. The Balaban J connectivity index is 1.74. The van der Waals surface area contributed by atoms with Gasteiger partial charge < -0.3 is 9.64 Å². The molecule has 0 aliphatic carbocycles. The molecule has 1 heterocycles. The van der Waals surface area contributed by atoms with Crippen LogP contribution in [0.4, 0.5) is 11.4 Å². The lowest BCUT2D eigenvalue weighted by Crippen LogP contribution is -2.48. The largest absolute Gasteiger partial charge is 0.372 e. The van der Waals surface area contributed by atoms with Crippen molar-refractivity contribution in [1.29, 1.82) is 0 Å². The number of benzene rings is 2. The van der Waals surface area contributed by atoms with Crippen molar-refractivity contribution in [2.24, 2.45) is 0 Å². The van der Waals surface area contributed by atoms with Crippen LogP contribution in [0.3, 0.4) is 0 Å². The summed E-state index contributed by atoms with van der Waals surface area (Å²) in [5, 5.41) is 10.9. The molecule has 1 fully saturated rings. The molecule has 0 saturated carbocycles. The quantitative estimate of drug-likeness (QED) is 0.588. The Morgan fingerprint density at radius 1 is 1.14 bits per heavy atom. The molecule has 9 nitrogen and oxygen atoms in total. The van der Waals surface area contributed by atoms with E-state index in [1.807, 2.05) is 13.8 Å². The van der Waals surface area contributed by atoms with Gasteiger partial charge in [-0.1, -0.05) is 6.07 Å². The van der Waals surface area contributed by atoms with Gasteiger partial charge in [0.15, 0.2) is 0 Å². The number of carbonyl (C=O) groups is 1. The highest BCUT2D eigenvalue weighted by atomic mass is 32.2. The molecule has 3 rings (SSSR count). The van der Waals surface area contributed by atoms with Crippen molar-refractivity contribution < 1.29 is 22.9 Å². The molecule has 10 heteroatoms. The summed E-state index contributed by atoms with van der Waals surface area (Å²) in [5.41, 5.74) is 0.365. The van der Waals surface area contributed by atoms with Crippen LogP contribution in [-0.2, 0) is 14.8 Å². The highest BCUT2D eigenvalue weighted by Gasteiger charge is 2.26.